The molecule has 0 saturated carbocycles. The molecule has 2 rings (SSSR count). The van der Waals surface area contributed by atoms with E-state index in [1.165, 1.54) is 31.4 Å². The second-order valence-corrected chi connectivity index (χ2v) is 5.69. The van der Waals surface area contributed by atoms with Gasteiger partial charge in [0.2, 0.25) is 0 Å². The Morgan fingerprint density at radius 2 is 1.55 bits per heavy atom. The lowest BCUT2D eigenvalue weighted by Gasteiger charge is -2.15. The first-order chi connectivity index (χ1) is 9.43. The molecule has 0 aromatic heterocycles. The summed E-state index contributed by atoms with van der Waals surface area (Å²) >= 11 is 23.9. The van der Waals surface area contributed by atoms with Crippen LogP contribution in [0.15, 0.2) is 30.3 Å². The van der Waals surface area contributed by atoms with Crippen LogP contribution in [0, 0.1) is 0 Å². The molecule has 0 spiro atoms. The molecule has 0 amide bonds. The summed E-state index contributed by atoms with van der Waals surface area (Å²) in [7, 11) is 1.48. The van der Waals surface area contributed by atoms with E-state index in [0.717, 1.165) is 0 Å². The van der Waals surface area contributed by atoms with Crippen molar-refractivity contribution in [1.29, 1.82) is 0 Å². The summed E-state index contributed by atoms with van der Waals surface area (Å²) < 4.78 is 19.7. The molecule has 0 heterocycles. The van der Waals surface area contributed by atoms with Crippen molar-refractivity contribution in [3.63, 3.8) is 0 Å². The summed E-state index contributed by atoms with van der Waals surface area (Å²) in [6.45, 7) is 0. The van der Waals surface area contributed by atoms with Crippen molar-refractivity contribution in [3.05, 3.63) is 61.5 Å². The number of ether oxygens (including phenoxy) is 1. The van der Waals surface area contributed by atoms with Crippen LogP contribution in [0.1, 0.15) is 17.3 Å². The minimum absolute atomic E-state index is 0.151. The molecule has 106 valence electrons. The van der Waals surface area contributed by atoms with E-state index >= 15 is 0 Å². The van der Waals surface area contributed by atoms with Gasteiger partial charge in [0.15, 0.2) is 6.17 Å². The van der Waals surface area contributed by atoms with Gasteiger partial charge in [-0.1, -0.05) is 52.5 Å². The van der Waals surface area contributed by atoms with E-state index in [9.17, 15) is 4.39 Å². The average Bonchev–Trinajstić information content (AvgIpc) is 2.37. The van der Waals surface area contributed by atoms with Crippen LogP contribution in [0.5, 0.6) is 5.75 Å². The van der Waals surface area contributed by atoms with Crippen LogP contribution in [0.4, 0.5) is 4.39 Å². The van der Waals surface area contributed by atoms with Gasteiger partial charge in [-0.3, -0.25) is 0 Å². The highest BCUT2D eigenvalue weighted by molar-refractivity contribution is 6.37. The number of alkyl halides is 1. The van der Waals surface area contributed by atoms with Gasteiger partial charge in [-0.25, -0.2) is 4.39 Å². The van der Waals surface area contributed by atoms with Crippen LogP contribution >= 0.6 is 46.4 Å². The van der Waals surface area contributed by atoms with E-state index in [-0.39, 0.29) is 26.2 Å². The fourth-order valence-electron chi connectivity index (χ4n) is 1.78. The molecule has 6 heteroatoms. The summed E-state index contributed by atoms with van der Waals surface area (Å²) in [6.07, 6.45) is -1.55. The molecular weight excluding hydrogens is 345 g/mol. The Balaban J connectivity index is 2.50. The van der Waals surface area contributed by atoms with Crippen molar-refractivity contribution < 1.29 is 9.13 Å². The predicted octanol–water partition coefficient (Wildman–Crippen LogP) is 6.37. The third kappa shape index (κ3) is 3.15. The molecule has 20 heavy (non-hydrogen) atoms. The normalized spacial score (nSPS) is 12.3. The maximum Gasteiger partial charge on any atom is 0.155 e. The van der Waals surface area contributed by atoms with Crippen LogP contribution < -0.4 is 4.74 Å². The largest absolute Gasteiger partial charge is 0.497 e. The van der Waals surface area contributed by atoms with Gasteiger partial charge in [0.25, 0.3) is 0 Å². The molecule has 0 aliphatic carbocycles. The van der Waals surface area contributed by atoms with E-state index in [2.05, 4.69) is 0 Å². The molecule has 2 aromatic rings. The Kier molecular flexibility index (Phi) is 5.03. The van der Waals surface area contributed by atoms with Gasteiger partial charge in [0.05, 0.1) is 17.2 Å². The van der Waals surface area contributed by atoms with Crippen LogP contribution in [0.3, 0.4) is 0 Å². The molecule has 0 radical (unpaired) electrons. The standard InChI is InChI=1S/C14H9Cl4FO/c1-20-8-5-11(17)13(12(18)6-8)14(19)9-3-2-7(15)4-10(9)16/h2-6,14H,1H3. The van der Waals surface area contributed by atoms with Crippen LogP contribution in [-0.4, -0.2) is 7.11 Å². The van der Waals surface area contributed by atoms with Gasteiger partial charge < -0.3 is 4.74 Å². The zero-order valence-corrected chi connectivity index (χ0v) is 13.3. The van der Waals surface area contributed by atoms with Crippen molar-refractivity contribution in [2.75, 3.05) is 7.11 Å². The van der Waals surface area contributed by atoms with Gasteiger partial charge >= 0.3 is 0 Å². The van der Waals surface area contributed by atoms with Gasteiger partial charge in [-0.05, 0) is 24.3 Å². The number of rotatable bonds is 3. The average molecular weight is 354 g/mol. The van der Waals surface area contributed by atoms with E-state index in [1.807, 2.05) is 0 Å². The molecule has 0 fully saturated rings. The topological polar surface area (TPSA) is 9.23 Å². The van der Waals surface area contributed by atoms with Crippen molar-refractivity contribution in [2.24, 2.45) is 0 Å². The van der Waals surface area contributed by atoms with E-state index < -0.39 is 6.17 Å². The van der Waals surface area contributed by atoms with E-state index in [4.69, 9.17) is 51.1 Å². The molecule has 0 aliphatic rings. The summed E-state index contributed by atoms with van der Waals surface area (Å²) in [5.41, 5.74) is 0.406. The van der Waals surface area contributed by atoms with Crippen LogP contribution in [0.25, 0.3) is 0 Å². The molecule has 1 atom stereocenters. The lowest BCUT2D eigenvalue weighted by molar-refractivity contribution is 0.398. The first-order valence-corrected chi connectivity index (χ1v) is 7.07. The van der Waals surface area contributed by atoms with Gasteiger partial charge in [-0.15, -0.1) is 0 Å². The fraction of sp³-hybridized carbons (Fsp3) is 0.143. The lowest BCUT2D eigenvalue weighted by atomic mass is 10.0. The minimum Gasteiger partial charge on any atom is -0.497 e. The maximum atomic E-state index is 14.7. The highest BCUT2D eigenvalue weighted by Gasteiger charge is 2.22. The van der Waals surface area contributed by atoms with E-state index in [1.54, 1.807) is 6.07 Å². The second-order valence-electron chi connectivity index (χ2n) is 4.03. The molecule has 0 aliphatic heterocycles. The fourth-order valence-corrected chi connectivity index (χ4v) is 2.95. The van der Waals surface area contributed by atoms with Crippen molar-refractivity contribution in [1.82, 2.24) is 0 Å². The Morgan fingerprint density at radius 1 is 0.950 bits per heavy atom. The highest BCUT2D eigenvalue weighted by atomic mass is 35.5. The monoisotopic (exact) mass is 352 g/mol. The molecular formula is C14H9Cl4FO. The quantitative estimate of drug-likeness (QED) is 0.623. The molecule has 2 aromatic carbocycles. The number of benzene rings is 2. The smallest absolute Gasteiger partial charge is 0.155 e. The number of halogens is 5. The van der Waals surface area contributed by atoms with Crippen LogP contribution in [0.2, 0.25) is 20.1 Å². The third-order valence-electron chi connectivity index (χ3n) is 2.78. The maximum absolute atomic E-state index is 14.7. The van der Waals surface area contributed by atoms with Gasteiger partial charge in [0.1, 0.15) is 5.75 Å². The van der Waals surface area contributed by atoms with Crippen molar-refractivity contribution >= 4 is 46.4 Å². The summed E-state index contributed by atoms with van der Waals surface area (Å²) in [6, 6.07) is 7.53. The summed E-state index contributed by atoms with van der Waals surface area (Å²) in [5.74, 6) is 0.457. The summed E-state index contributed by atoms with van der Waals surface area (Å²) in [4.78, 5) is 0. The zero-order valence-electron chi connectivity index (χ0n) is 10.3. The second kappa shape index (κ2) is 6.40. The molecule has 1 unspecified atom stereocenters. The van der Waals surface area contributed by atoms with Crippen LogP contribution in [-0.2, 0) is 0 Å². The third-order valence-corrected chi connectivity index (χ3v) is 3.97. The highest BCUT2D eigenvalue weighted by Crippen LogP contribution is 2.41. The van der Waals surface area contributed by atoms with Crippen molar-refractivity contribution in [2.45, 2.75) is 6.17 Å². The number of methoxy groups -OCH3 is 1. The minimum atomic E-state index is -1.55. The molecule has 0 N–H and O–H groups in total. The Morgan fingerprint density at radius 3 is 2.05 bits per heavy atom. The van der Waals surface area contributed by atoms with Gasteiger partial charge in [0, 0.05) is 21.2 Å². The lowest BCUT2D eigenvalue weighted by Crippen LogP contribution is -1.99. The van der Waals surface area contributed by atoms with Gasteiger partial charge in [-0.2, -0.15) is 0 Å². The SMILES string of the molecule is COc1cc(Cl)c(C(F)c2ccc(Cl)cc2Cl)c(Cl)c1. The first-order valence-electron chi connectivity index (χ1n) is 5.56. The Hall–Kier alpha value is -0.670. The molecule has 0 bridgehead atoms. The van der Waals surface area contributed by atoms with Crippen molar-refractivity contribution in [3.8, 4) is 5.75 Å². The zero-order chi connectivity index (χ0) is 14.9. The number of hydrogen-bond donors (Lipinski definition) is 0. The summed E-state index contributed by atoms with van der Waals surface area (Å²) in [5, 5.41) is 0.992. The first kappa shape index (κ1) is 15.7. The molecule has 1 nitrogen and oxygen atoms in total. The molecule has 0 saturated heterocycles. The number of hydrogen-bond acceptors (Lipinski definition) is 1. The van der Waals surface area contributed by atoms with E-state index in [0.29, 0.717) is 10.8 Å². The Bertz CT molecular complexity index is 622. The Labute approximate surface area is 136 Å². The predicted molar refractivity (Wildman–Crippen MR) is 82.4 cm³/mol.